The van der Waals surface area contributed by atoms with Crippen molar-refractivity contribution in [2.24, 2.45) is 102 Å². The summed E-state index contributed by atoms with van der Waals surface area (Å²) in [5.41, 5.74) is 6.19. The smallest absolute Gasteiger partial charge is 0.000792 e. The van der Waals surface area contributed by atoms with Gasteiger partial charge in [-0.25, -0.2) is 0 Å². The van der Waals surface area contributed by atoms with Crippen LogP contribution in [0.5, 0.6) is 0 Å². The summed E-state index contributed by atoms with van der Waals surface area (Å²) in [6.07, 6.45) is 68.0. The molecule has 0 aromatic rings. The average molecular weight is 1170 g/mol. The van der Waals surface area contributed by atoms with Gasteiger partial charge in [-0.3, -0.25) is 0 Å². The van der Waals surface area contributed by atoms with Crippen LogP contribution in [0.25, 0.3) is 0 Å². The third kappa shape index (κ3) is 20.2. The van der Waals surface area contributed by atoms with E-state index in [4.69, 9.17) is 0 Å². The van der Waals surface area contributed by atoms with Crippen LogP contribution in [-0.2, 0) is 0 Å². The lowest BCUT2D eigenvalue weighted by atomic mass is 9.53. The predicted octanol–water partition coefficient (Wildman–Crippen LogP) is 25.5. The van der Waals surface area contributed by atoms with E-state index in [-0.39, 0.29) is 0 Å². The normalized spacial score (nSPS) is 34.0. The van der Waals surface area contributed by atoms with Crippen LogP contribution >= 0.6 is 0 Å². The predicted molar refractivity (Wildman–Crippen MR) is 372 cm³/mol. The van der Waals surface area contributed by atoms with E-state index >= 15 is 0 Å². The Labute approximate surface area is 528 Å². The van der Waals surface area contributed by atoms with Gasteiger partial charge in [-0.15, -0.1) is 0 Å². The minimum atomic E-state index is 0.529. The van der Waals surface area contributed by atoms with Gasteiger partial charge in [-0.1, -0.05) is 213 Å². The van der Waals surface area contributed by atoms with Crippen LogP contribution in [0.2, 0.25) is 0 Å². The first-order valence-electron chi connectivity index (χ1n) is 39.2. The summed E-state index contributed by atoms with van der Waals surface area (Å²) in [5, 5.41) is 7.17. The quantitative estimate of drug-likeness (QED) is 0.294. The van der Waals surface area contributed by atoms with Crippen molar-refractivity contribution in [3.05, 3.63) is 0 Å². The van der Waals surface area contributed by atoms with Gasteiger partial charge >= 0.3 is 0 Å². The number of piperidine rings is 2. The summed E-state index contributed by atoms with van der Waals surface area (Å²) in [6.45, 7) is 41.6. The van der Waals surface area contributed by atoms with Crippen LogP contribution in [0.4, 0.5) is 0 Å². The Hall–Kier alpha value is -0.0800. The zero-order chi connectivity index (χ0) is 60.8. The minimum Gasteiger partial charge on any atom is -0.316 e. The summed E-state index contributed by atoms with van der Waals surface area (Å²) in [5.74, 6) is 8.82. The van der Waals surface area contributed by atoms with Crippen molar-refractivity contribution < 1.29 is 0 Å². The van der Waals surface area contributed by atoms with Gasteiger partial charge in [0.25, 0.3) is 0 Å². The molecule has 0 bridgehead atoms. The zero-order valence-corrected chi connectivity index (χ0v) is 60.3. The molecule has 2 N–H and O–H groups in total. The van der Waals surface area contributed by atoms with Gasteiger partial charge in [-0.05, 0) is 295 Å². The van der Waals surface area contributed by atoms with Crippen molar-refractivity contribution in [2.75, 3.05) is 26.2 Å². The number of nitrogens with one attached hydrogen (secondary N) is 2. The fourth-order valence-electron chi connectivity index (χ4n) is 23.0. The number of hydrogen-bond donors (Lipinski definition) is 2. The lowest BCUT2D eigenvalue weighted by Gasteiger charge is -2.52. The minimum absolute atomic E-state index is 0.529. The molecule has 10 aliphatic carbocycles. The Morgan fingerprint density at radius 2 is 0.607 bits per heavy atom. The van der Waals surface area contributed by atoms with E-state index in [0.717, 1.165) is 74.9 Å². The van der Waals surface area contributed by atoms with Gasteiger partial charge in [0.05, 0.1) is 0 Å². The van der Waals surface area contributed by atoms with Crippen molar-refractivity contribution in [2.45, 2.75) is 393 Å². The Kier molecular flexibility index (Phi) is 27.2. The molecule has 0 aromatic heterocycles. The number of rotatable bonds is 3. The van der Waals surface area contributed by atoms with Gasteiger partial charge in [0.2, 0.25) is 0 Å². The highest BCUT2D eigenvalue weighted by molar-refractivity contribution is 5.00. The second-order valence-electron chi connectivity index (χ2n) is 38.2. The Balaban J connectivity index is 0.000000145. The summed E-state index contributed by atoms with van der Waals surface area (Å²) < 4.78 is 0. The molecule has 0 amide bonds. The van der Waals surface area contributed by atoms with Crippen LogP contribution in [-0.4, -0.2) is 26.2 Å². The third-order valence-corrected chi connectivity index (χ3v) is 28.4. The van der Waals surface area contributed by atoms with Crippen molar-refractivity contribution in [3.8, 4) is 0 Å². The van der Waals surface area contributed by atoms with E-state index in [2.05, 4.69) is 114 Å². The largest absolute Gasteiger partial charge is 0.316 e. The monoisotopic (exact) mass is 1170 g/mol. The van der Waals surface area contributed by atoms with E-state index in [0.29, 0.717) is 27.1 Å². The van der Waals surface area contributed by atoms with Crippen LogP contribution < -0.4 is 10.6 Å². The van der Waals surface area contributed by atoms with Crippen molar-refractivity contribution in [1.82, 2.24) is 10.6 Å². The molecule has 12 rings (SSSR count). The van der Waals surface area contributed by atoms with Crippen LogP contribution in [0.1, 0.15) is 393 Å². The average Bonchev–Trinajstić information content (AvgIpc) is 3.26. The van der Waals surface area contributed by atoms with Gasteiger partial charge in [-0.2, -0.15) is 0 Å². The highest BCUT2D eigenvalue weighted by Gasteiger charge is 2.49. The summed E-state index contributed by atoms with van der Waals surface area (Å²) in [6, 6.07) is 0. The van der Waals surface area contributed by atoms with Crippen LogP contribution in [0, 0.1) is 102 Å². The third-order valence-electron chi connectivity index (χ3n) is 28.4. The molecule has 0 radical (unpaired) electrons. The van der Waals surface area contributed by atoms with Gasteiger partial charge in [0, 0.05) is 13.1 Å². The molecule has 10 saturated carbocycles. The van der Waals surface area contributed by atoms with Gasteiger partial charge in [0.1, 0.15) is 0 Å². The van der Waals surface area contributed by atoms with Crippen LogP contribution in [0.3, 0.4) is 0 Å². The summed E-state index contributed by atoms with van der Waals surface area (Å²) in [4.78, 5) is 0. The second-order valence-corrected chi connectivity index (χ2v) is 38.2. The van der Waals surface area contributed by atoms with Crippen LogP contribution in [0.15, 0.2) is 0 Å². The molecular weight excluding hydrogens is 1010 g/mol. The molecule has 2 nitrogen and oxygen atoms in total. The SMILES string of the molecule is CC(C)(C)C1CCC2(CCCNC2)C1.CC(C)(C)C1CCCCC12CCCC2.CC(C)(C)C1CCCCC12CCCCC2.CC(C)C1CCC2(CCCCC2)CC1.CC(C)C1CCC2(CCCNC2)C1.CC(C)C1CCCC2(CCCCC2)C1. The first-order valence-corrected chi connectivity index (χ1v) is 39.2. The standard InChI is InChI=1S/C15H28.3C14H26.C13H25N.C12H23N/c1-14(2,3)13-9-5-8-12-15(13)10-6-4-7-11-15;1-13(2,3)12-8-4-5-9-14(12)10-6-7-11-14;1-12(2)13-6-10-14(11-7-13)8-4-3-5-9-14;1-12(2)13-7-6-10-14(11-13)8-4-3-5-9-14;1-12(2,3)11-5-7-13(9-11)6-4-8-14-10-13;1-10(2)11-4-6-12(8-11)5-3-7-13-9-12/h13H,4-12H2,1-3H3;12H,4-11H2,1-3H3;2*12-13H,3-11H2,1-2H3;11,14H,4-10H2,1-3H3;10-11,13H,3-9H2,1-2H3. The van der Waals surface area contributed by atoms with E-state index in [1.165, 1.54) is 264 Å². The Morgan fingerprint density at radius 1 is 0.274 bits per heavy atom. The summed E-state index contributed by atoms with van der Waals surface area (Å²) in [7, 11) is 0. The summed E-state index contributed by atoms with van der Waals surface area (Å²) >= 11 is 0. The molecule has 492 valence electrons. The molecule has 2 heterocycles. The molecule has 2 heteroatoms. The molecule has 2 aliphatic heterocycles. The lowest BCUT2D eigenvalue weighted by molar-refractivity contribution is -0.0180. The maximum absolute atomic E-state index is 3.59. The zero-order valence-electron chi connectivity index (χ0n) is 60.3. The fraction of sp³-hybridized carbons (Fsp3) is 1.00. The maximum atomic E-state index is 3.59. The molecular formula is C82H154N2. The van der Waals surface area contributed by atoms with Crippen molar-refractivity contribution >= 4 is 0 Å². The van der Waals surface area contributed by atoms with Gasteiger partial charge < -0.3 is 10.6 Å². The van der Waals surface area contributed by atoms with E-state index in [1.54, 1.807) is 51.4 Å². The van der Waals surface area contributed by atoms with Crippen molar-refractivity contribution in [3.63, 3.8) is 0 Å². The van der Waals surface area contributed by atoms with E-state index in [1.807, 2.05) is 0 Å². The highest BCUT2D eigenvalue weighted by Crippen LogP contribution is 2.60. The van der Waals surface area contributed by atoms with Gasteiger partial charge in [0.15, 0.2) is 0 Å². The fourth-order valence-corrected chi connectivity index (χ4v) is 23.0. The second kappa shape index (κ2) is 32.0. The molecule has 12 aliphatic rings. The van der Waals surface area contributed by atoms with E-state index < -0.39 is 0 Å². The molecule has 0 aromatic carbocycles. The topological polar surface area (TPSA) is 24.1 Å². The molecule has 7 atom stereocenters. The Morgan fingerprint density at radius 3 is 1.00 bits per heavy atom. The Bertz CT molecular complexity index is 1770. The number of hydrogen-bond acceptors (Lipinski definition) is 2. The van der Waals surface area contributed by atoms with Crippen molar-refractivity contribution in [1.29, 1.82) is 0 Å². The lowest BCUT2D eigenvalue weighted by Crippen LogP contribution is -2.42. The molecule has 12 fully saturated rings. The van der Waals surface area contributed by atoms with E-state index in [9.17, 15) is 0 Å². The molecule has 2 saturated heterocycles. The molecule has 84 heavy (non-hydrogen) atoms. The first kappa shape index (κ1) is 71.4. The first-order chi connectivity index (χ1) is 39.8. The molecule has 7 unspecified atom stereocenters. The maximum Gasteiger partial charge on any atom is 0.000792 e. The molecule has 6 spiro atoms. The highest BCUT2D eigenvalue weighted by atomic mass is 14.9.